The lowest BCUT2D eigenvalue weighted by molar-refractivity contribution is 0.479. The molecule has 10 heteroatoms. The van der Waals surface area contributed by atoms with Crippen molar-refractivity contribution >= 4 is 49.3 Å². The van der Waals surface area contributed by atoms with E-state index in [1.165, 1.54) is 23.6 Å². The molecule has 0 saturated heterocycles. The van der Waals surface area contributed by atoms with Crippen LogP contribution in [0.1, 0.15) is 16.7 Å². The number of benzene rings is 2. The molecule has 3 heterocycles. The fraction of sp³-hybridized carbons (Fsp3) is 0.0455. The van der Waals surface area contributed by atoms with Crippen LogP contribution in [-0.4, -0.2) is 30.3 Å². The molecular weight excluding hydrogens is 448 g/mol. The van der Waals surface area contributed by atoms with Gasteiger partial charge in [0.15, 0.2) is 11.6 Å². The van der Waals surface area contributed by atoms with E-state index in [0.29, 0.717) is 10.2 Å². The standard InChI is InChI=1S/C22H16N4O4S2/c1-13-5-4-6-14(11-13)12-23-26-16-9-10-31-20(16)19(27)18(22(26)28)21-24-15-7-2-3-8-17(15)32(29,30)25-21/h2-12,27H,1H3,(H,24,25). The van der Waals surface area contributed by atoms with Crippen LogP contribution in [0.3, 0.4) is 0 Å². The molecule has 5 rings (SSSR count). The number of anilines is 1. The van der Waals surface area contributed by atoms with Crippen molar-refractivity contribution in [2.75, 3.05) is 5.32 Å². The highest BCUT2D eigenvalue weighted by Gasteiger charge is 2.30. The Morgan fingerprint density at radius 3 is 2.78 bits per heavy atom. The predicted molar refractivity (Wildman–Crippen MR) is 126 cm³/mol. The molecule has 2 aromatic heterocycles. The summed E-state index contributed by atoms with van der Waals surface area (Å²) in [5.41, 5.74) is 1.55. The van der Waals surface area contributed by atoms with E-state index in [4.69, 9.17) is 0 Å². The first-order valence-electron chi connectivity index (χ1n) is 9.53. The summed E-state index contributed by atoms with van der Waals surface area (Å²) in [6.45, 7) is 1.95. The van der Waals surface area contributed by atoms with Crippen LogP contribution in [0.5, 0.6) is 5.75 Å². The summed E-state index contributed by atoms with van der Waals surface area (Å²) in [7, 11) is -4.05. The molecule has 2 N–H and O–H groups in total. The van der Waals surface area contributed by atoms with Gasteiger partial charge in [-0.25, -0.2) is 0 Å². The monoisotopic (exact) mass is 464 g/mol. The maximum atomic E-state index is 13.4. The molecule has 0 radical (unpaired) electrons. The van der Waals surface area contributed by atoms with E-state index < -0.39 is 15.6 Å². The first-order chi connectivity index (χ1) is 15.3. The first kappa shape index (κ1) is 20.2. The quantitative estimate of drug-likeness (QED) is 0.451. The van der Waals surface area contributed by atoms with E-state index in [1.54, 1.807) is 29.6 Å². The smallest absolute Gasteiger partial charge is 0.286 e. The van der Waals surface area contributed by atoms with E-state index in [1.807, 2.05) is 31.2 Å². The second-order valence-corrected chi connectivity index (χ2v) is 9.66. The molecule has 2 aromatic carbocycles. The topological polar surface area (TPSA) is 113 Å². The molecule has 160 valence electrons. The van der Waals surface area contributed by atoms with Gasteiger partial charge in [-0.1, -0.05) is 42.0 Å². The molecule has 0 aliphatic carbocycles. The normalized spacial score (nSPS) is 14.8. The van der Waals surface area contributed by atoms with Crippen molar-refractivity contribution in [1.82, 2.24) is 4.68 Å². The molecule has 0 amide bonds. The van der Waals surface area contributed by atoms with Gasteiger partial charge in [-0.15, -0.1) is 15.7 Å². The average Bonchev–Trinajstić information content (AvgIpc) is 3.23. The second-order valence-electron chi connectivity index (χ2n) is 7.17. The third-order valence-corrected chi connectivity index (χ3v) is 7.21. The van der Waals surface area contributed by atoms with Gasteiger partial charge in [0.05, 0.1) is 22.1 Å². The minimum Gasteiger partial charge on any atom is -0.505 e. The number of amidine groups is 1. The Hall–Kier alpha value is -3.76. The number of aromatic nitrogens is 1. The highest BCUT2D eigenvalue weighted by Crippen LogP contribution is 2.34. The van der Waals surface area contributed by atoms with Crippen molar-refractivity contribution in [1.29, 1.82) is 0 Å². The largest absolute Gasteiger partial charge is 0.505 e. The minimum atomic E-state index is -4.05. The van der Waals surface area contributed by atoms with Gasteiger partial charge in [0.25, 0.3) is 15.6 Å². The van der Waals surface area contributed by atoms with Gasteiger partial charge in [-0.05, 0) is 36.1 Å². The van der Waals surface area contributed by atoms with E-state index in [0.717, 1.165) is 15.8 Å². The summed E-state index contributed by atoms with van der Waals surface area (Å²) >= 11 is 1.21. The minimum absolute atomic E-state index is 0.00163. The summed E-state index contributed by atoms with van der Waals surface area (Å²) in [5.74, 6) is -0.594. The lowest BCUT2D eigenvalue weighted by atomic mass is 10.2. The van der Waals surface area contributed by atoms with Crippen molar-refractivity contribution in [2.45, 2.75) is 11.8 Å². The third kappa shape index (κ3) is 3.29. The van der Waals surface area contributed by atoms with Crippen molar-refractivity contribution in [3.63, 3.8) is 0 Å². The lowest BCUT2D eigenvalue weighted by Crippen LogP contribution is -2.31. The molecule has 32 heavy (non-hydrogen) atoms. The van der Waals surface area contributed by atoms with E-state index in [9.17, 15) is 18.3 Å². The number of hydrogen-bond acceptors (Lipinski definition) is 7. The van der Waals surface area contributed by atoms with E-state index in [2.05, 4.69) is 14.8 Å². The zero-order valence-corrected chi connectivity index (χ0v) is 18.3. The van der Waals surface area contributed by atoms with Crippen molar-refractivity contribution < 1.29 is 13.5 Å². The Bertz CT molecular complexity index is 1610. The number of nitrogens with one attached hydrogen (secondary N) is 1. The Balaban J connectivity index is 1.72. The predicted octanol–water partition coefficient (Wildman–Crippen LogP) is 3.52. The van der Waals surface area contributed by atoms with Gasteiger partial charge in [0.1, 0.15) is 10.5 Å². The Labute approximate surface area is 186 Å². The van der Waals surface area contributed by atoms with Crippen LogP contribution < -0.4 is 10.9 Å². The maximum Gasteiger partial charge on any atom is 0.286 e. The number of aryl methyl sites for hydroxylation is 1. The van der Waals surface area contributed by atoms with Gasteiger partial charge in [-0.2, -0.15) is 18.2 Å². The number of aromatic hydroxyl groups is 1. The molecule has 0 atom stereocenters. The number of thiophene rings is 1. The van der Waals surface area contributed by atoms with Gasteiger partial charge in [0.2, 0.25) is 0 Å². The highest BCUT2D eigenvalue weighted by atomic mass is 32.2. The number of hydrogen-bond donors (Lipinski definition) is 2. The summed E-state index contributed by atoms with van der Waals surface area (Å²) in [4.78, 5) is 13.4. The Kier molecular flexibility index (Phi) is 4.68. The van der Waals surface area contributed by atoms with Crippen molar-refractivity contribution in [3.05, 3.63) is 87.0 Å². The van der Waals surface area contributed by atoms with E-state index >= 15 is 0 Å². The summed E-state index contributed by atoms with van der Waals surface area (Å²) in [6, 6.07) is 15.5. The number of para-hydroxylation sites is 1. The SMILES string of the molecule is Cc1cccc(C=Nn2c(=O)c(C3=NS(=O)(=O)c4ccccc4N3)c(O)c3sccc32)c1. The van der Waals surface area contributed by atoms with Crippen LogP contribution in [0.15, 0.2) is 79.2 Å². The molecule has 1 aliphatic heterocycles. The Morgan fingerprint density at radius 2 is 1.97 bits per heavy atom. The fourth-order valence-electron chi connectivity index (χ4n) is 3.50. The van der Waals surface area contributed by atoms with Crippen LogP contribution in [-0.2, 0) is 10.0 Å². The van der Waals surface area contributed by atoms with Crippen molar-refractivity contribution in [2.24, 2.45) is 9.50 Å². The van der Waals surface area contributed by atoms with Gasteiger partial charge in [0, 0.05) is 0 Å². The summed E-state index contributed by atoms with van der Waals surface area (Å²) in [6.07, 6.45) is 1.54. The molecule has 4 aromatic rings. The van der Waals surface area contributed by atoms with Crippen molar-refractivity contribution in [3.8, 4) is 5.75 Å². The highest BCUT2D eigenvalue weighted by molar-refractivity contribution is 7.90. The summed E-state index contributed by atoms with van der Waals surface area (Å²) in [5, 5.41) is 19.8. The van der Waals surface area contributed by atoms with E-state index in [-0.39, 0.29) is 27.7 Å². The maximum absolute atomic E-state index is 13.4. The van der Waals surface area contributed by atoms with Crippen LogP contribution in [0.2, 0.25) is 0 Å². The van der Waals surface area contributed by atoms with Crippen LogP contribution >= 0.6 is 11.3 Å². The number of nitrogens with zero attached hydrogens (tertiary/aromatic N) is 3. The molecule has 1 aliphatic rings. The summed E-state index contributed by atoms with van der Waals surface area (Å²) < 4.78 is 30.6. The molecule has 0 bridgehead atoms. The molecule has 0 fully saturated rings. The van der Waals surface area contributed by atoms with Crippen LogP contribution in [0.4, 0.5) is 5.69 Å². The van der Waals surface area contributed by atoms with Gasteiger partial charge < -0.3 is 10.4 Å². The number of fused-ring (bicyclic) bond motifs is 2. The van der Waals surface area contributed by atoms with Gasteiger partial charge >= 0.3 is 0 Å². The molecule has 8 nitrogen and oxygen atoms in total. The average molecular weight is 465 g/mol. The lowest BCUT2D eigenvalue weighted by Gasteiger charge is -2.19. The molecule has 0 saturated carbocycles. The third-order valence-electron chi connectivity index (χ3n) is 4.96. The fourth-order valence-corrected chi connectivity index (χ4v) is 5.45. The molecule has 0 spiro atoms. The number of pyridine rings is 1. The zero-order chi connectivity index (χ0) is 22.5. The second kappa shape index (κ2) is 7.43. The molecular formula is C22H16N4O4S2. The van der Waals surface area contributed by atoms with Crippen LogP contribution in [0.25, 0.3) is 10.2 Å². The first-order valence-corrected chi connectivity index (χ1v) is 11.8. The Morgan fingerprint density at radius 1 is 1.16 bits per heavy atom. The molecule has 0 unspecified atom stereocenters. The van der Waals surface area contributed by atoms with Gasteiger partial charge in [-0.3, -0.25) is 4.79 Å². The van der Waals surface area contributed by atoms with Crippen LogP contribution in [0, 0.1) is 6.92 Å². The number of rotatable bonds is 3. The number of sulfonamides is 1. The zero-order valence-electron chi connectivity index (χ0n) is 16.7.